The predicted octanol–water partition coefficient (Wildman–Crippen LogP) is 3.11. The number of ether oxygens (including phenoxy) is 2. The summed E-state index contributed by atoms with van der Waals surface area (Å²) >= 11 is 0. The van der Waals surface area contributed by atoms with Crippen LogP contribution in [0.15, 0.2) is 54.6 Å². The summed E-state index contributed by atoms with van der Waals surface area (Å²) in [7, 11) is 1.59. The smallest absolute Gasteiger partial charge is 0.275 e. The summed E-state index contributed by atoms with van der Waals surface area (Å²) in [6.07, 6.45) is 0. The minimum absolute atomic E-state index is 0.384. The van der Waals surface area contributed by atoms with Crippen molar-refractivity contribution < 1.29 is 19.1 Å². The molecule has 6 heteroatoms. The Hall–Kier alpha value is -3.38. The first-order valence-corrected chi connectivity index (χ1v) is 7.61. The topological polar surface area (TPSA) is 81.9 Å². The third-order valence-corrected chi connectivity index (χ3v) is 4.19. The van der Waals surface area contributed by atoms with Gasteiger partial charge in [-0.2, -0.15) is 0 Å². The minimum Gasteiger partial charge on any atom is -0.497 e. The average Bonchev–Trinajstić information content (AvgIpc) is 2.65. The van der Waals surface area contributed by atoms with E-state index in [0.29, 0.717) is 38.4 Å². The molecule has 2 N–H and O–H groups in total. The van der Waals surface area contributed by atoms with Crippen molar-refractivity contribution in [3.8, 4) is 17.2 Å². The maximum absolute atomic E-state index is 12.3. The van der Waals surface area contributed by atoms with Crippen molar-refractivity contribution in [2.24, 2.45) is 5.84 Å². The molecule has 1 heterocycles. The number of amides is 2. The summed E-state index contributed by atoms with van der Waals surface area (Å²) in [5.41, 5.74) is 0.768. The van der Waals surface area contributed by atoms with E-state index in [1.807, 2.05) is 6.07 Å². The molecule has 3 aromatic rings. The molecular weight excluding hydrogens is 320 g/mol. The first kappa shape index (κ1) is 15.2. The van der Waals surface area contributed by atoms with E-state index in [1.165, 1.54) is 0 Å². The maximum Gasteiger partial charge on any atom is 0.275 e. The van der Waals surface area contributed by atoms with Crippen LogP contribution in [0.25, 0.3) is 10.8 Å². The number of hydrazine groups is 1. The van der Waals surface area contributed by atoms with Crippen molar-refractivity contribution in [1.29, 1.82) is 0 Å². The van der Waals surface area contributed by atoms with Crippen LogP contribution >= 0.6 is 0 Å². The number of rotatable bonds is 3. The van der Waals surface area contributed by atoms with Gasteiger partial charge in [0.05, 0.1) is 18.2 Å². The second kappa shape index (κ2) is 5.61. The number of methoxy groups -OCH3 is 1. The number of nitrogens with zero attached hydrogens (tertiary/aromatic N) is 1. The summed E-state index contributed by atoms with van der Waals surface area (Å²) in [5, 5.41) is 1.88. The number of nitrogens with two attached hydrogens (primary N) is 1. The van der Waals surface area contributed by atoms with Crippen molar-refractivity contribution in [3.05, 3.63) is 65.7 Å². The summed E-state index contributed by atoms with van der Waals surface area (Å²) in [4.78, 5) is 24.6. The van der Waals surface area contributed by atoms with E-state index < -0.39 is 11.8 Å². The fraction of sp³-hybridized carbons (Fsp3) is 0.0526. The highest BCUT2D eigenvalue weighted by Gasteiger charge is 2.31. The number of carbonyl (C=O) groups is 2. The zero-order chi connectivity index (χ0) is 17.6. The van der Waals surface area contributed by atoms with Crippen LogP contribution in [-0.2, 0) is 0 Å². The Bertz CT molecular complexity index is 990. The van der Waals surface area contributed by atoms with Crippen LogP contribution in [0.4, 0.5) is 0 Å². The van der Waals surface area contributed by atoms with Gasteiger partial charge in [-0.15, -0.1) is 0 Å². The van der Waals surface area contributed by atoms with Crippen LogP contribution < -0.4 is 15.3 Å². The van der Waals surface area contributed by atoms with E-state index in [-0.39, 0.29) is 0 Å². The maximum atomic E-state index is 12.3. The summed E-state index contributed by atoms with van der Waals surface area (Å²) in [6.45, 7) is 0. The molecule has 0 atom stereocenters. The molecule has 25 heavy (non-hydrogen) atoms. The third-order valence-electron chi connectivity index (χ3n) is 4.19. The molecule has 0 saturated heterocycles. The van der Waals surface area contributed by atoms with Gasteiger partial charge in [0.15, 0.2) is 0 Å². The molecule has 1 aliphatic heterocycles. The van der Waals surface area contributed by atoms with E-state index in [4.69, 9.17) is 15.3 Å². The molecular formula is C19H14N2O4. The fourth-order valence-corrected chi connectivity index (χ4v) is 2.95. The van der Waals surface area contributed by atoms with E-state index in [9.17, 15) is 9.59 Å². The van der Waals surface area contributed by atoms with Crippen LogP contribution in [0.5, 0.6) is 17.2 Å². The summed E-state index contributed by atoms with van der Waals surface area (Å²) in [6, 6.07) is 15.7. The number of carbonyl (C=O) groups excluding carboxylic acids is 2. The predicted molar refractivity (Wildman–Crippen MR) is 91.7 cm³/mol. The highest BCUT2D eigenvalue weighted by atomic mass is 16.5. The lowest BCUT2D eigenvalue weighted by Gasteiger charge is -2.23. The average molecular weight is 334 g/mol. The van der Waals surface area contributed by atoms with Gasteiger partial charge in [0.2, 0.25) is 0 Å². The molecule has 1 aliphatic rings. The zero-order valence-corrected chi connectivity index (χ0v) is 13.4. The summed E-state index contributed by atoms with van der Waals surface area (Å²) in [5.74, 6) is 6.44. The quantitative estimate of drug-likeness (QED) is 0.452. The summed E-state index contributed by atoms with van der Waals surface area (Å²) < 4.78 is 11.1. The fourth-order valence-electron chi connectivity index (χ4n) is 2.95. The highest BCUT2D eigenvalue weighted by Crippen LogP contribution is 2.36. The Kier molecular flexibility index (Phi) is 3.40. The molecule has 124 valence electrons. The Morgan fingerprint density at radius 3 is 2.16 bits per heavy atom. The molecule has 2 amide bonds. The lowest BCUT2D eigenvalue weighted by Crippen LogP contribution is -2.45. The molecule has 3 aromatic carbocycles. The Balaban J connectivity index is 1.85. The van der Waals surface area contributed by atoms with E-state index in [0.717, 1.165) is 5.75 Å². The van der Waals surface area contributed by atoms with Crippen molar-refractivity contribution in [1.82, 2.24) is 5.01 Å². The van der Waals surface area contributed by atoms with Gasteiger partial charge in [-0.25, -0.2) is 10.9 Å². The molecule has 0 bridgehead atoms. The van der Waals surface area contributed by atoms with Gasteiger partial charge < -0.3 is 9.47 Å². The second-order valence-corrected chi connectivity index (χ2v) is 5.60. The van der Waals surface area contributed by atoms with Crippen LogP contribution in [0, 0.1) is 0 Å². The lowest BCUT2D eigenvalue weighted by molar-refractivity contribution is 0.0610. The number of hydrogen-bond donors (Lipinski definition) is 1. The molecule has 4 rings (SSSR count). The normalized spacial score (nSPS) is 13.3. The third kappa shape index (κ3) is 2.31. The first-order chi connectivity index (χ1) is 12.1. The molecule has 0 spiro atoms. The van der Waals surface area contributed by atoms with E-state index in [1.54, 1.807) is 55.6 Å². The number of hydrogen-bond acceptors (Lipinski definition) is 5. The Labute approximate surface area is 143 Å². The van der Waals surface area contributed by atoms with E-state index >= 15 is 0 Å². The van der Waals surface area contributed by atoms with Crippen LogP contribution in [-0.4, -0.2) is 23.9 Å². The van der Waals surface area contributed by atoms with Gasteiger partial charge in [0.1, 0.15) is 17.2 Å². The van der Waals surface area contributed by atoms with Gasteiger partial charge in [-0.05, 0) is 42.5 Å². The zero-order valence-electron chi connectivity index (χ0n) is 13.4. The van der Waals surface area contributed by atoms with Crippen LogP contribution in [0.3, 0.4) is 0 Å². The van der Waals surface area contributed by atoms with E-state index in [2.05, 4.69) is 0 Å². The van der Waals surface area contributed by atoms with Crippen molar-refractivity contribution in [2.75, 3.05) is 7.11 Å². The van der Waals surface area contributed by atoms with Gasteiger partial charge in [-0.3, -0.25) is 9.59 Å². The van der Waals surface area contributed by atoms with Gasteiger partial charge >= 0.3 is 0 Å². The Morgan fingerprint density at radius 1 is 0.840 bits per heavy atom. The van der Waals surface area contributed by atoms with Gasteiger partial charge in [0, 0.05) is 10.8 Å². The SMILES string of the molecule is COc1ccc(Oc2ccc3c4c(cccc24)C(=O)N(N)C3=O)cc1. The molecule has 6 nitrogen and oxygen atoms in total. The Morgan fingerprint density at radius 2 is 1.48 bits per heavy atom. The molecule has 0 saturated carbocycles. The molecule has 0 fully saturated rings. The first-order valence-electron chi connectivity index (χ1n) is 7.61. The highest BCUT2D eigenvalue weighted by molar-refractivity contribution is 6.25. The second-order valence-electron chi connectivity index (χ2n) is 5.60. The molecule has 0 unspecified atom stereocenters. The lowest BCUT2D eigenvalue weighted by atomic mass is 9.94. The minimum atomic E-state index is -0.523. The van der Waals surface area contributed by atoms with Crippen LogP contribution in [0.1, 0.15) is 20.7 Å². The number of benzene rings is 3. The van der Waals surface area contributed by atoms with Crippen molar-refractivity contribution in [3.63, 3.8) is 0 Å². The van der Waals surface area contributed by atoms with Gasteiger partial charge in [-0.1, -0.05) is 12.1 Å². The molecule has 0 aromatic heterocycles. The standard InChI is InChI=1S/C19H14N2O4/c1-24-11-5-7-12(8-6-11)25-16-10-9-15-17-13(16)3-2-4-14(17)18(22)21(20)19(15)23/h2-10H,20H2,1H3. The van der Waals surface area contributed by atoms with Crippen LogP contribution in [0.2, 0.25) is 0 Å². The van der Waals surface area contributed by atoms with Crippen molar-refractivity contribution >= 4 is 22.6 Å². The molecule has 0 radical (unpaired) electrons. The number of imide groups is 1. The van der Waals surface area contributed by atoms with Gasteiger partial charge in [0.25, 0.3) is 11.8 Å². The van der Waals surface area contributed by atoms with Crippen molar-refractivity contribution in [2.45, 2.75) is 0 Å². The largest absolute Gasteiger partial charge is 0.497 e. The monoisotopic (exact) mass is 334 g/mol. The molecule has 0 aliphatic carbocycles.